The summed E-state index contributed by atoms with van der Waals surface area (Å²) >= 11 is 0. The number of hydrogen-bond donors (Lipinski definition) is 2. The number of likely N-dealkylation sites (tertiary alicyclic amines) is 1. The number of ether oxygens (including phenoxy) is 1. The molecule has 0 aromatic heterocycles. The summed E-state index contributed by atoms with van der Waals surface area (Å²) in [4.78, 5) is 14.6. The molecule has 2 aromatic carbocycles. The molecule has 0 bridgehead atoms. The fraction of sp³-hybridized carbons (Fsp3) is 0.409. The summed E-state index contributed by atoms with van der Waals surface area (Å²) in [5, 5.41) is 6.71. The van der Waals surface area contributed by atoms with E-state index in [1.807, 2.05) is 18.2 Å². The molecule has 148 valence electrons. The van der Waals surface area contributed by atoms with Crippen molar-refractivity contribution < 1.29 is 13.9 Å². The number of para-hydroxylation sites is 1. The van der Waals surface area contributed by atoms with Gasteiger partial charge in [0.2, 0.25) is 5.91 Å². The molecule has 0 atom stereocenters. The first-order chi connectivity index (χ1) is 13.6. The van der Waals surface area contributed by atoms with E-state index >= 15 is 0 Å². The van der Waals surface area contributed by atoms with Gasteiger partial charge in [0.15, 0.2) is 0 Å². The number of carbonyl (C=O) groups excluding carboxylic acids is 1. The minimum Gasteiger partial charge on any atom is -0.497 e. The van der Waals surface area contributed by atoms with Crippen LogP contribution in [0.2, 0.25) is 0 Å². The predicted molar refractivity (Wildman–Crippen MR) is 107 cm³/mol. The number of amides is 1. The third-order valence-corrected chi connectivity index (χ3v) is 5.86. The van der Waals surface area contributed by atoms with Gasteiger partial charge in [-0.2, -0.15) is 0 Å². The van der Waals surface area contributed by atoms with E-state index in [4.69, 9.17) is 4.74 Å². The van der Waals surface area contributed by atoms with E-state index in [9.17, 15) is 9.18 Å². The second kappa shape index (κ2) is 7.80. The van der Waals surface area contributed by atoms with Crippen LogP contribution < -0.4 is 15.4 Å². The number of nitrogens with one attached hydrogen (secondary N) is 2. The van der Waals surface area contributed by atoms with Gasteiger partial charge in [0.05, 0.1) is 7.11 Å². The number of benzene rings is 2. The van der Waals surface area contributed by atoms with Crippen LogP contribution in [0.4, 0.5) is 10.1 Å². The van der Waals surface area contributed by atoms with E-state index in [1.54, 1.807) is 12.1 Å². The third kappa shape index (κ3) is 3.97. The maximum absolute atomic E-state index is 14.3. The van der Waals surface area contributed by atoms with Crippen LogP contribution >= 0.6 is 0 Å². The molecule has 0 saturated carbocycles. The number of hydrogen-bond acceptors (Lipinski definition) is 4. The molecule has 2 aliphatic rings. The molecule has 4 rings (SSSR count). The monoisotopic (exact) mass is 383 g/mol. The highest BCUT2D eigenvalue weighted by Gasteiger charge is 2.38. The van der Waals surface area contributed by atoms with Gasteiger partial charge in [0, 0.05) is 55.5 Å². The molecule has 2 aliphatic heterocycles. The van der Waals surface area contributed by atoms with Crippen molar-refractivity contribution in [3.05, 3.63) is 59.4 Å². The summed E-state index contributed by atoms with van der Waals surface area (Å²) in [7, 11) is 1.54. The number of fused-ring (bicyclic) bond motifs is 1. The standard InChI is InChI=1S/C22H26FN3O2/c1-28-18-7-6-17(19(23)12-18)15-26-10-8-22(9-11-26)13-21(27)24-14-16-4-2-3-5-20(16)25-22/h2-7,12,25H,8-11,13-15H2,1H3,(H,24,27). The lowest BCUT2D eigenvalue weighted by molar-refractivity contribution is -0.122. The van der Waals surface area contributed by atoms with Gasteiger partial charge in [0.25, 0.3) is 0 Å². The van der Waals surface area contributed by atoms with Gasteiger partial charge in [0.1, 0.15) is 11.6 Å². The molecular formula is C22H26FN3O2. The molecule has 6 heteroatoms. The molecule has 0 unspecified atom stereocenters. The molecule has 1 fully saturated rings. The van der Waals surface area contributed by atoms with Crippen LogP contribution in [-0.2, 0) is 17.9 Å². The van der Waals surface area contributed by atoms with Gasteiger partial charge in [-0.3, -0.25) is 9.69 Å². The Labute approximate surface area is 164 Å². The van der Waals surface area contributed by atoms with Crippen LogP contribution in [0.15, 0.2) is 42.5 Å². The summed E-state index contributed by atoms with van der Waals surface area (Å²) in [6.45, 7) is 2.75. The van der Waals surface area contributed by atoms with E-state index in [-0.39, 0.29) is 17.3 Å². The lowest BCUT2D eigenvalue weighted by atomic mass is 9.82. The number of anilines is 1. The fourth-order valence-electron chi connectivity index (χ4n) is 4.16. The van der Waals surface area contributed by atoms with Crippen molar-refractivity contribution in [1.29, 1.82) is 0 Å². The number of halogens is 1. The van der Waals surface area contributed by atoms with Crippen LogP contribution in [-0.4, -0.2) is 36.5 Å². The molecule has 2 heterocycles. The molecule has 1 saturated heterocycles. The average Bonchev–Trinajstić information content (AvgIpc) is 2.69. The van der Waals surface area contributed by atoms with Crippen molar-refractivity contribution in [2.75, 3.05) is 25.5 Å². The van der Waals surface area contributed by atoms with Gasteiger partial charge < -0.3 is 15.4 Å². The van der Waals surface area contributed by atoms with Crippen molar-refractivity contribution in [2.45, 2.75) is 37.9 Å². The molecule has 0 radical (unpaired) electrons. The van der Waals surface area contributed by atoms with Crippen LogP contribution in [0, 0.1) is 5.82 Å². The minimum atomic E-state index is -0.254. The SMILES string of the molecule is COc1ccc(CN2CCC3(CC2)CC(=O)NCc2ccccc2N3)c(F)c1. The average molecular weight is 383 g/mol. The zero-order chi connectivity index (χ0) is 19.6. The van der Waals surface area contributed by atoms with E-state index in [0.29, 0.717) is 30.8 Å². The molecule has 5 nitrogen and oxygen atoms in total. The zero-order valence-corrected chi connectivity index (χ0v) is 16.1. The Morgan fingerprint density at radius 2 is 1.96 bits per heavy atom. The molecule has 0 aliphatic carbocycles. The molecule has 1 spiro atoms. The largest absolute Gasteiger partial charge is 0.497 e. The van der Waals surface area contributed by atoms with Gasteiger partial charge in [-0.25, -0.2) is 4.39 Å². The van der Waals surface area contributed by atoms with Crippen LogP contribution in [0.3, 0.4) is 0 Å². The third-order valence-electron chi connectivity index (χ3n) is 5.86. The maximum Gasteiger partial charge on any atom is 0.222 e. The number of carbonyl (C=O) groups is 1. The van der Waals surface area contributed by atoms with Crippen molar-refractivity contribution in [2.24, 2.45) is 0 Å². The molecular weight excluding hydrogens is 357 g/mol. The Morgan fingerprint density at radius 1 is 1.18 bits per heavy atom. The van der Waals surface area contributed by atoms with E-state index in [1.165, 1.54) is 13.2 Å². The molecule has 1 amide bonds. The smallest absolute Gasteiger partial charge is 0.222 e. The zero-order valence-electron chi connectivity index (χ0n) is 16.1. The van der Waals surface area contributed by atoms with E-state index in [0.717, 1.165) is 37.2 Å². The summed E-state index contributed by atoms with van der Waals surface area (Å²) in [6, 6.07) is 13.1. The highest BCUT2D eigenvalue weighted by atomic mass is 19.1. The Morgan fingerprint density at radius 3 is 2.71 bits per heavy atom. The Kier molecular flexibility index (Phi) is 5.22. The summed E-state index contributed by atoms with van der Waals surface area (Å²) in [5.41, 5.74) is 2.62. The summed E-state index contributed by atoms with van der Waals surface area (Å²) < 4.78 is 19.4. The van der Waals surface area contributed by atoms with Crippen LogP contribution in [0.5, 0.6) is 5.75 Å². The lowest BCUT2D eigenvalue weighted by Gasteiger charge is -2.44. The Bertz CT molecular complexity index is 863. The number of rotatable bonds is 3. The molecule has 2 N–H and O–H groups in total. The number of nitrogens with zero attached hydrogens (tertiary/aromatic N) is 1. The normalized spacial score (nSPS) is 19.1. The molecule has 28 heavy (non-hydrogen) atoms. The maximum atomic E-state index is 14.3. The van der Waals surface area contributed by atoms with Gasteiger partial charge in [-0.15, -0.1) is 0 Å². The first kappa shape index (κ1) is 18.7. The van der Waals surface area contributed by atoms with Crippen molar-refractivity contribution in [3.63, 3.8) is 0 Å². The van der Waals surface area contributed by atoms with Crippen molar-refractivity contribution >= 4 is 11.6 Å². The Hall–Kier alpha value is -2.60. The second-order valence-electron chi connectivity index (χ2n) is 7.75. The first-order valence-electron chi connectivity index (χ1n) is 9.74. The van der Waals surface area contributed by atoms with E-state index in [2.05, 4.69) is 21.6 Å². The minimum absolute atomic E-state index is 0.0802. The molecule has 2 aromatic rings. The van der Waals surface area contributed by atoms with Crippen LogP contribution in [0.1, 0.15) is 30.4 Å². The highest BCUT2D eigenvalue weighted by Crippen LogP contribution is 2.33. The van der Waals surface area contributed by atoms with E-state index < -0.39 is 0 Å². The van der Waals surface area contributed by atoms with Gasteiger partial charge in [-0.05, 0) is 30.5 Å². The second-order valence-corrected chi connectivity index (χ2v) is 7.75. The quantitative estimate of drug-likeness (QED) is 0.854. The highest BCUT2D eigenvalue weighted by molar-refractivity contribution is 5.79. The van der Waals surface area contributed by atoms with Gasteiger partial charge in [-0.1, -0.05) is 24.3 Å². The van der Waals surface area contributed by atoms with Crippen molar-refractivity contribution in [1.82, 2.24) is 10.2 Å². The van der Waals surface area contributed by atoms with Crippen LogP contribution in [0.25, 0.3) is 0 Å². The fourth-order valence-corrected chi connectivity index (χ4v) is 4.16. The lowest BCUT2D eigenvalue weighted by Crippen LogP contribution is -2.52. The van der Waals surface area contributed by atoms with Gasteiger partial charge >= 0.3 is 0 Å². The van der Waals surface area contributed by atoms with Crippen molar-refractivity contribution in [3.8, 4) is 5.75 Å². The Balaban J connectivity index is 1.46. The topological polar surface area (TPSA) is 53.6 Å². The summed E-state index contributed by atoms with van der Waals surface area (Å²) in [5.74, 6) is 0.371. The number of piperidine rings is 1. The summed E-state index contributed by atoms with van der Waals surface area (Å²) in [6.07, 6.45) is 2.14. The number of methoxy groups -OCH3 is 1. The first-order valence-corrected chi connectivity index (χ1v) is 9.74. The predicted octanol–water partition coefficient (Wildman–Crippen LogP) is 3.30.